The van der Waals surface area contributed by atoms with Gasteiger partial charge in [0.05, 0.1) is 0 Å². The van der Waals surface area contributed by atoms with Crippen LogP contribution in [-0.4, -0.2) is 16.7 Å². The van der Waals surface area contributed by atoms with Gasteiger partial charge < -0.3 is 10.1 Å². The van der Waals surface area contributed by atoms with Gasteiger partial charge in [0, 0.05) is 30.9 Å². The molecule has 1 aromatic carbocycles. The largest absolute Gasteiger partial charge is 0.396 e. The highest BCUT2D eigenvalue weighted by atomic mass is 79.9. The Bertz CT molecular complexity index is 495. The van der Waals surface area contributed by atoms with E-state index in [-0.39, 0.29) is 0 Å². The van der Waals surface area contributed by atoms with Crippen molar-refractivity contribution in [3.8, 4) is 0 Å². The number of fused-ring (bicyclic) bond motifs is 1. The molecule has 0 aliphatic rings. The number of H-pyrrole nitrogens is 1. The maximum atomic E-state index is 8.99. The fraction of sp³-hybridized carbons (Fsp3) is 0.200. The third-order valence-electron chi connectivity index (χ3n) is 1.91. The van der Waals surface area contributed by atoms with Crippen LogP contribution in [0.3, 0.4) is 0 Å². The van der Waals surface area contributed by atoms with E-state index in [0.29, 0.717) is 5.56 Å². The summed E-state index contributed by atoms with van der Waals surface area (Å²) < 4.78 is 16.2. The van der Waals surface area contributed by atoms with Gasteiger partial charge >= 0.3 is 0 Å². The molecule has 0 saturated heterocycles. The second-order valence-electron chi connectivity index (χ2n) is 2.73. The van der Waals surface area contributed by atoms with Crippen LogP contribution in [0.15, 0.2) is 28.9 Å². The summed E-state index contributed by atoms with van der Waals surface area (Å²) in [7, 11) is 0. The van der Waals surface area contributed by atoms with Gasteiger partial charge in [0.1, 0.15) is 0 Å². The highest BCUT2D eigenvalue weighted by Gasteiger charge is 2.02. The second kappa shape index (κ2) is 3.52. The number of benzene rings is 1. The maximum absolute atomic E-state index is 8.99. The van der Waals surface area contributed by atoms with E-state index in [9.17, 15) is 0 Å². The second-order valence-corrected chi connectivity index (χ2v) is 3.64. The predicted octanol–water partition coefficient (Wildman–Crippen LogP) is 2.47. The summed E-state index contributed by atoms with van der Waals surface area (Å²) >= 11 is 3.34. The molecule has 3 heteroatoms. The van der Waals surface area contributed by atoms with E-state index in [4.69, 9.17) is 7.85 Å². The monoisotopic (exact) mass is 241 g/mol. The highest BCUT2D eigenvalue weighted by molar-refractivity contribution is 9.10. The number of hydrogen-bond acceptors (Lipinski definition) is 1. The number of aliphatic hydroxyl groups is 1. The summed E-state index contributed by atoms with van der Waals surface area (Å²) in [6.45, 7) is -0.521. The summed E-state index contributed by atoms with van der Waals surface area (Å²) in [6, 6.07) is 5.60. The number of aliphatic hydroxyl groups excluding tert-OH is 1. The molecule has 0 amide bonds. The number of hydrogen-bond donors (Lipinski definition) is 2. The van der Waals surface area contributed by atoms with Crippen LogP contribution in [-0.2, 0) is 6.37 Å². The van der Waals surface area contributed by atoms with Gasteiger partial charge in [-0.25, -0.2) is 0 Å². The predicted molar refractivity (Wildman–Crippen MR) is 56.8 cm³/mol. The van der Waals surface area contributed by atoms with E-state index in [0.717, 1.165) is 15.4 Å². The molecule has 2 aromatic rings. The third-order valence-corrected chi connectivity index (χ3v) is 2.41. The van der Waals surface area contributed by atoms with Crippen LogP contribution in [0.5, 0.6) is 0 Å². The average Bonchev–Trinajstić information content (AvgIpc) is 2.61. The molecule has 0 aliphatic carbocycles. The van der Waals surface area contributed by atoms with Crippen molar-refractivity contribution in [3.63, 3.8) is 0 Å². The van der Waals surface area contributed by atoms with Gasteiger partial charge in [-0.2, -0.15) is 0 Å². The lowest BCUT2D eigenvalue weighted by Gasteiger charge is -1.95. The zero-order valence-electron chi connectivity index (χ0n) is 8.84. The van der Waals surface area contributed by atoms with Crippen molar-refractivity contribution < 1.29 is 7.85 Å². The molecule has 2 N–H and O–H groups in total. The Kier molecular flexibility index (Phi) is 1.79. The van der Waals surface area contributed by atoms with Gasteiger partial charge in [0.15, 0.2) is 0 Å². The Balaban J connectivity index is 2.67. The molecule has 0 atom stereocenters. The SMILES string of the molecule is [2H]C([2H])(CO)c1c[nH]c2ccc(Br)cc12. The third kappa shape index (κ3) is 1.62. The molecule has 1 aromatic heterocycles. The molecule has 0 spiro atoms. The molecule has 0 saturated carbocycles. The molecule has 68 valence electrons. The van der Waals surface area contributed by atoms with Crippen molar-refractivity contribution in [2.45, 2.75) is 6.37 Å². The first-order valence-corrected chi connectivity index (χ1v) is 4.72. The van der Waals surface area contributed by atoms with E-state index < -0.39 is 13.0 Å². The fourth-order valence-corrected chi connectivity index (χ4v) is 1.69. The van der Waals surface area contributed by atoms with Crippen molar-refractivity contribution in [1.29, 1.82) is 0 Å². The quantitative estimate of drug-likeness (QED) is 0.833. The lowest BCUT2D eigenvalue weighted by atomic mass is 10.1. The zero-order valence-corrected chi connectivity index (χ0v) is 8.43. The van der Waals surface area contributed by atoms with Crippen molar-refractivity contribution in [3.05, 3.63) is 34.4 Å². The Morgan fingerprint density at radius 2 is 2.38 bits per heavy atom. The highest BCUT2D eigenvalue weighted by Crippen LogP contribution is 2.22. The van der Waals surface area contributed by atoms with E-state index in [1.807, 2.05) is 18.2 Å². The summed E-state index contributed by atoms with van der Waals surface area (Å²) in [5.41, 5.74) is 1.35. The van der Waals surface area contributed by atoms with E-state index in [1.165, 1.54) is 0 Å². The van der Waals surface area contributed by atoms with Crippen molar-refractivity contribution in [2.75, 3.05) is 6.61 Å². The average molecular weight is 242 g/mol. The number of aromatic nitrogens is 1. The molecule has 13 heavy (non-hydrogen) atoms. The minimum absolute atomic E-state index is 0.487. The van der Waals surface area contributed by atoms with Gasteiger partial charge in [0.2, 0.25) is 0 Å². The first-order valence-electron chi connectivity index (χ1n) is 4.92. The lowest BCUT2D eigenvalue weighted by molar-refractivity contribution is 0.300. The molecule has 0 unspecified atom stereocenters. The van der Waals surface area contributed by atoms with Crippen LogP contribution < -0.4 is 0 Å². The maximum Gasteiger partial charge on any atom is 0.0472 e. The molecular formula is C10H10BrNO. The summed E-state index contributed by atoms with van der Waals surface area (Å²) in [5.74, 6) is 0. The van der Waals surface area contributed by atoms with Gasteiger partial charge in [-0.05, 0) is 30.1 Å². The van der Waals surface area contributed by atoms with Gasteiger partial charge in [-0.1, -0.05) is 15.9 Å². The van der Waals surface area contributed by atoms with Crippen molar-refractivity contribution >= 4 is 26.8 Å². The number of rotatable bonds is 2. The molecule has 0 aliphatic heterocycles. The Labute approximate surface area is 87.5 Å². The standard InChI is InChI=1S/C10H10BrNO/c11-8-1-2-10-9(5-8)7(3-4-13)6-12-10/h1-2,5-6,12-13H,3-4H2/i3D2. The molecule has 1 heterocycles. The molecule has 0 radical (unpaired) electrons. The zero-order chi connectivity index (χ0) is 11.1. The van der Waals surface area contributed by atoms with E-state index in [1.54, 1.807) is 6.20 Å². The Morgan fingerprint density at radius 3 is 3.15 bits per heavy atom. The fourth-order valence-electron chi connectivity index (χ4n) is 1.32. The topological polar surface area (TPSA) is 36.0 Å². The van der Waals surface area contributed by atoms with Crippen LogP contribution in [0.1, 0.15) is 8.30 Å². The number of nitrogens with one attached hydrogen (secondary N) is 1. The van der Waals surface area contributed by atoms with Gasteiger partial charge in [0.25, 0.3) is 0 Å². The summed E-state index contributed by atoms with van der Waals surface area (Å²) in [4.78, 5) is 2.98. The first-order chi connectivity index (χ1) is 7.04. The van der Waals surface area contributed by atoms with E-state index in [2.05, 4.69) is 20.9 Å². The number of aromatic amines is 1. The van der Waals surface area contributed by atoms with Crippen molar-refractivity contribution in [2.24, 2.45) is 0 Å². The Morgan fingerprint density at radius 1 is 1.54 bits per heavy atom. The molecule has 2 nitrogen and oxygen atoms in total. The van der Waals surface area contributed by atoms with Crippen LogP contribution in [0.4, 0.5) is 0 Å². The minimum Gasteiger partial charge on any atom is -0.396 e. The summed E-state index contributed by atoms with van der Waals surface area (Å²) in [5, 5.41) is 9.79. The molecule has 0 fully saturated rings. The van der Waals surface area contributed by atoms with Crippen LogP contribution in [0.2, 0.25) is 0 Å². The van der Waals surface area contributed by atoms with Crippen LogP contribution >= 0.6 is 15.9 Å². The number of halogens is 1. The lowest BCUT2D eigenvalue weighted by Crippen LogP contribution is -1.87. The smallest absolute Gasteiger partial charge is 0.0472 e. The normalized spacial score (nSPS) is 14.3. The minimum atomic E-state index is -1.71. The van der Waals surface area contributed by atoms with Crippen LogP contribution in [0.25, 0.3) is 10.9 Å². The van der Waals surface area contributed by atoms with E-state index >= 15 is 0 Å². The first kappa shape index (κ1) is 6.62. The van der Waals surface area contributed by atoms with Crippen LogP contribution in [0, 0.1) is 0 Å². The molecule has 0 bridgehead atoms. The van der Waals surface area contributed by atoms with Gasteiger partial charge in [-0.3, -0.25) is 0 Å². The Hall–Kier alpha value is -0.800. The molecule has 2 rings (SSSR count). The summed E-state index contributed by atoms with van der Waals surface area (Å²) in [6.07, 6.45) is -0.105. The molecular weight excluding hydrogens is 230 g/mol. The van der Waals surface area contributed by atoms with Gasteiger partial charge in [-0.15, -0.1) is 0 Å². The van der Waals surface area contributed by atoms with Crippen molar-refractivity contribution in [1.82, 2.24) is 4.98 Å².